The zero-order valence-corrected chi connectivity index (χ0v) is 14.6. The SMILES string of the molecule is CCC1C=CCN1C(=O)c1ccc(-c2nc(OC)cc(OC)n2)cc1. The summed E-state index contributed by atoms with van der Waals surface area (Å²) >= 11 is 0. The summed E-state index contributed by atoms with van der Waals surface area (Å²) < 4.78 is 10.3. The molecule has 0 fully saturated rings. The Balaban J connectivity index is 1.84. The van der Waals surface area contributed by atoms with Crippen molar-refractivity contribution in [2.24, 2.45) is 0 Å². The van der Waals surface area contributed by atoms with Gasteiger partial charge in [-0.2, -0.15) is 9.97 Å². The molecule has 2 aromatic rings. The summed E-state index contributed by atoms with van der Waals surface area (Å²) in [6, 6.07) is 9.08. The van der Waals surface area contributed by atoms with Crippen LogP contribution in [0.25, 0.3) is 11.4 Å². The maximum Gasteiger partial charge on any atom is 0.254 e. The van der Waals surface area contributed by atoms with Crippen LogP contribution in [0.5, 0.6) is 11.8 Å². The number of benzene rings is 1. The molecular formula is C19H21N3O3. The van der Waals surface area contributed by atoms with Crippen LogP contribution >= 0.6 is 0 Å². The van der Waals surface area contributed by atoms with Crippen LogP contribution in [0.4, 0.5) is 0 Å². The van der Waals surface area contributed by atoms with Crippen LogP contribution in [0, 0.1) is 0 Å². The summed E-state index contributed by atoms with van der Waals surface area (Å²) in [6.07, 6.45) is 5.04. The van der Waals surface area contributed by atoms with Gasteiger partial charge < -0.3 is 14.4 Å². The highest BCUT2D eigenvalue weighted by molar-refractivity contribution is 5.95. The van der Waals surface area contributed by atoms with Gasteiger partial charge in [0.25, 0.3) is 5.91 Å². The Morgan fingerprint density at radius 3 is 2.36 bits per heavy atom. The Morgan fingerprint density at radius 1 is 1.16 bits per heavy atom. The fourth-order valence-corrected chi connectivity index (χ4v) is 2.83. The van der Waals surface area contributed by atoms with Gasteiger partial charge in [0.2, 0.25) is 11.8 Å². The second-order valence-electron chi connectivity index (χ2n) is 5.71. The largest absolute Gasteiger partial charge is 0.481 e. The van der Waals surface area contributed by atoms with Gasteiger partial charge in [0.05, 0.1) is 26.3 Å². The van der Waals surface area contributed by atoms with Gasteiger partial charge in [-0.05, 0) is 18.6 Å². The lowest BCUT2D eigenvalue weighted by molar-refractivity contribution is 0.0747. The zero-order chi connectivity index (χ0) is 17.8. The van der Waals surface area contributed by atoms with E-state index < -0.39 is 0 Å². The summed E-state index contributed by atoms with van der Waals surface area (Å²) in [6.45, 7) is 2.74. The molecule has 6 nitrogen and oxygen atoms in total. The number of rotatable bonds is 5. The van der Waals surface area contributed by atoms with Crippen molar-refractivity contribution >= 4 is 5.91 Å². The van der Waals surface area contributed by atoms with Gasteiger partial charge in [-0.25, -0.2) is 0 Å². The summed E-state index contributed by atoms with van der Waals surface area (Å²) in [4.78, 5) is 23.2. The molecule has 1 amide bonds. The molecule has 0 radical (unpaired) electrons. The minimum atomic E-state index is 0.0348. The predicted octanol–water partition coefficient (Wildman–Crippen LogP) is 2.95. The average Bonchev–Trinajstić information content (AvgIpc) is 3.15. The Morgan fingerprint density at radius 2 is 1.80 bits per heavy atom. The maximum absolute atomic E-state index is 12.7. The first-order valence-electron chi connectivity index (χ1n) is 8.21. The number of carbonyl (C=O) groups excluding carboxylic acids is 1. The first kappa shape index (κ1) is 17.0. The third-order valence-corrected chi connectivity index (χ3v) is 4.23. The average molecular weight is 339 g/mol. The van der Waals surface area contributed by atoms with Crippen LogP contribution in [-0.4, -0.2) is 47.6 Å². The normalized spacial score (nSPS) is 16.1. The van der Waals surface area contributed by atoms with E-state index in [9.17, 15) is 4.79 Å². The molecule has 0 N–H and O–H groups in total. The number of hydrogen-bond donors (Lipinski definition) is 0. The number of carbonyl (C=O) groups is 1. The molecule has 25 heavy (non-hydrogen) atoms. The first-order valence-corrected chi connectivity index (χ1v) is 8.21. The lowest BCUT2D eigenvalue weighted by atomic mass is 10.1. The van der Waals surface area contributed by atoms with E-state index in [1.807, 2.05) is 23.1 Å². The van der Waals surface area contributed by atoms with Crippen LogP contribution in [-0.2, 0) is 0 Å². The van der Waals surface area contributed by atoms with E-state index in [1.165, 1.54) is 0 Å². The topological polar surface area (TPSA) is 64.6 Å². The van der Waals surface area contributed by atoms with E-state index >= 15 is 0 Å². The molecule has 1 aromatic heterocycles. The molecule has 0 bridgehead atoms. The second kappa shape index (κ2) is 7.34. The molecule has 2 heterocycles. The van der Waals surface area contributed by atoms with Crippen molar-refractivity contribution in [2.75, 3.05) is 20.8 Å². The summed E-state index contributed by atoms with van der Waals surface area (Å²) in [7, 11) is 3.09. The van der Waals surface area contributed by atoms with Crippen molar-refractivity contribution in [3.63, 3.8) is 0 Å². The maximum atomic E-state index is 12.7. The second-order valence-corrected chi connectivity index (χ2v) is 5.71. The number of nitrogens with zero attached hydrogens (tertiary/aromatic N) is 3. The molecule has 0 saturated heterocycles. The summed E-state index contributed by atoms with van der Waals surface area (Å²) in [5.74, 6) is 1.38. The number of methoxy groups -OCH3 is 2. The Bertz CT molecular complexity index is 765. The lowest BCUT2D eigenvalue weighted by Gasteiger charge is -2.23. The van der Waals surface area contributed by atoms with E-state index in [0.29, 0.717) is 29.7 Å². The van der Waals surface area contributed by atoms with Crippen molar-refractivity contribution < 1.29 is 14.3 Å². The predicted molar refractivity (Wildman–Crippen MR) is 94.8 cm³/mol. The van der Waals surface area contributed by atoms with E-state index in [4.69, 9.17) is 9.47 Å². The molecule has 130 valence electrons. The molecule has 0 aliphatic carbocycles. The standard InChI is InChI=1S/C19H21N3O3/c1-4-15-6-5-11-22(15)19(23)14-9-7-13(8-10-14)18-20-16(24-2)12-17(21-18)25-3/h5-10,12,15H,4,11H2,1-3H3. The highest BCUT2D eigenvalue weighted by atomic mass is 16.5. The van der Waals surface area contributed by atoms with Gasteiger partial charge in [0.15, 0.2) is 5.82 Å². The van der Waals surface area contributed by atoms with Crippen molar-refractivity contribution in [3.05, 3.63) is 48.0 Å². The minimum Gasteiger partial charge on any atom is -0.481 e. The Labute approximate surface area is 147 Å². The monoisotopic (exact) mass is 339 g/mol. The third kappa shape index (κ3) is 3.47. The van der Waals surface area contributed by atoms with Gasteiger partial charge >= 0.3 is 0 Å². The Kier molecular flexibility index (Phi) is 4.97. The number of ether oxygens (including phenoxy) is 2. The molecule has 0 spiro atoms. The van der Waals surface area contributed by atoms with Crippen LogP contribution in [0.15, 0.2) is 42.5 Å². The summed E-state index contributed by atoms with van der Waals surface area (Å²) in [5.41, 5.74) is 1.45. The molecule has 0 saturated carbocycles. The number of aromatic nitrogens is 2. The molecule has 6 heteroatoms. The Hall–Kier alpha value is -2.89. The molecule has 3 rings (SSSR count). The van der Waals surface area contributed by atoms with Crippen molar-refractivity contribution in [3.8, 4) is 23.1 Å². The van der Waals surface area contributed by atoms with Crippen LogP contribution < -0.4 is 9.47 Å². The van der Waals surface area contributed by atoms with E-state index in [1.54, 1.807) is 32.4 Å². The van der Waals surface area contributed by atoms with Crippen LogP contribution in [0.1, 0.15) is 23.7 Å². The quantitative estimate of drug-likeness (QED) is 0.784. The highest BCUT2D eigenvalue weighted by Crippen LogP contribution is 2.24. The molecule has 1 aromatic carbocycles. The van der Waals surface area contributed by atoms with Gasteiger partial charge in [0, 0.05) is 17.7 Å². The number of hydrogen-bond acceptors (Lipinski definition) is 5. The third-order valence-electron chi connectivity index (χ3n) is 4.23. The minimum absolute atomic E-state index is 0.0348. The molecule has 1 aliphatic heterocycles. The van der Waals surface area contributed by atoms with Gasteiger partial charge in [-0.15, -0.1) is 0 Å². The molecule has 1 unspecified atom stereocenters. The van der Waals surface area contributed by atoms with E-state index in [-0.39, 0.29) is 11.9 Å². The molecule has 1 aliphatic rings. The van der Waals surface area contributed by atoms with E-state index in [2.05, 4.69) is 23.0 Å². The molecule has 1 atom stereocenters. The van der Waals surface area contributed by atoms with Gasteiger partial charge in [-0.3, -0.25) is 4.79 Å². The smallest absolute Gasteiger partial charge is 0.254 e. The van der Waals surface area contributed by atoms with Crippen LogP contribution in [0.2, 0.25) is 0 Å². The van der Waals surface area contributed by atoms with Crippen molar-refractivity contribution in [1.29, 1.82) is 0 Å². The zero-order valence-electron chi connectivity index (χ0n) is 14.6. The van der Waals surface area contributed by atoms with Gasteiger partial charge in [-0.1, -0.05) is 31.2 Å². The lowest BCUT2D eigenvalue weighted by Crippen LogP contribution is -2.35. The molecular weight excluding hydrogens is 318 g/mol. The van der Waals surface area contributed by atoms with Gasteiger partial charge in [0.1, 0.15) is 0 Å². The number of amides is 1. The van der Waals surface area contributed by atoms with Crippen molar-refractivity contribution in [2.45, 2.75) is 19.4 Å². The van der Waals surface area contributed by atoms with Crippen molar-refractivity contribution in [1.82, 2.24) is 14.9 Å². The fraction of sp³-hybridized carbons (Fsp3) is 0.316. The first-order chi connectivity index (χ1) is 12.2. The summed E-state index contributed by atoms with van der Waals surface area (Å²) in [5, 5.41) is 0. The van der Waals surface area contributed by atoms with E-state index in [0.717, 1.165) is 12.0 Å². The highest BCUT2D eigenvalue weighted by Gasteiger charge is 2.24. The van der Waals surface area contributed by atoms with Crippen LogP contribution in [0.3, 0.4) is 0 Å². The fourth-order valence-electron chi connectivity index (χ4n) is 2.83.